The van der Waals surface area contributed by atoms with Crippen LogP contribution in [0.4, 0.5) is 0 Å². The zero-order chi connectivity index (χ0) is 16.5. The number of ether oxygens (including phenoxy) is 1. The zero-order valence-corrected chi connectivity index (χ0v) is 14.7. The van der Waals surface area contributed by atoms with E-state index in [0.29, 0.717) is 6.42 Å². The minimum absolute atomic E-state index is 0.119. The van der Waals surface area contributed by atoms with Gasteiger partial charge < -0.3 is 4.74 Å². The van der Waals surface area contributed by atoms with Gasteiger partial charge in [0.1, 0.15) is 0 Å². The first kappa shape index (κ1) is 15.3. The molecule has 3 aromatic rings. The first-order valence-electron chi connectivity index (χ1n) is 8.03. The summed E-state index contributed by atoms with van der Waals surface area (Å²) in [5.74, 6) is 0.857. The Labute approximate surface area is 148 Å². The average Bonchev–Trinajstić information content (AvgIpc) is 2.61. The van der Waals surface area contributed by atoms with Crippen molar-refractivity contribution in [3.05, 3.63) is 69.7 Å². The number of carbonyl (C=O) groups excluding carboxylic acids is 1. The standard InChI is InChI=1S/C20H16BrNO2/c21-17-6-3-13(4-7-17)10-19(23)14-5-8-18-16(11-14)12-15-2-1-9-24-20(15)22-18/h3-8,11-12H,1-2,9-10H2. The van der Waals surface area contributed by atoms with Gasteiger partial charge in [0.05, 0.1) is 12.1 Å². The number of halogens is 1. The van der Waals surface area contributed by atoms with Crippen LogP contribution in [0.3, 0.4) is 0 Å². The van der Waals surface area contributed by atoms with Gasteiger partial charge in [-0.15, -0.1) is 0 Å². The molecule has 120 valence electrons. The molecule has 0 N–H and O–H groups in total. The Bertz CT molecular complexity index is 919. The molecule has 0 unspecified atom stereocenters. The number of fused-ring (bicyclic) bond motifs is 2. The van der Waals surface area contributed by atoms with Gasteiger partial charge in [-0.1, -0.05) is 28.1 Å². The molecule has 0 aliphatic carbocycles. The molecule has 0 saturated carbocycles. The van der Waals surface area contributed by atoms with Crippen LogP contribution in [0.2, 0.25) is 0 Å². The van der Waals surface area contributed by atoms with Crippen molar-refractivity contribution in [3.8, 4) is 5.88 Å². The normalized spacial score (nSPS) is 13.4. The summed E-state index contributed by atoms with van der Waals surface area (Å²) in [6.45, 7) is 0.731. The van der Waals surface area contributed by atoms with Crippen LogP contribution in [-0.4, -0.2) is 17.4 Å². The van der Waals surface area contributed by atoms with Gasteiger partial charge >= 0.3 is 0 Å². The van der Waals surface area contributed by atoms with E-state index in [4.69, 9.17) is 4.74 Å². The summed E-state index contributed by atoms with van der Waals surface area (Å²) in [6, 6.07) is 15.7. The number of benzene rings is 2. The highest BCUT2D eigenvalue weighted by Gasteiger charge is 2.14. The average molecular weight is 382 g/mol. The Morgan fingerprint density at radius 2 is 1.96 bits per heavy atom. The molecular formula is C20H16BrNO2. The molecule has 4 rings (SSSR count). The molecule has 1 aliphatic heterocycles. The van der Waals surface area contributed by atoms with E-state index in [1.165, 1.54) is 0 Å². The molecular weight excluding hydrogens is 366 g/mol. The second-order valence-corrected chi connectivity index (χ2v) is 6.95. The fraction of sp³-hybridized carbons (Fsp3) is 0.200. The topological polar surface area (TPSA) is 39.2 Å². The van der Waals surface area contributed by atoms with Crippen molar-refractivity contribution in [1.82, 2.24) is 4.98 Å². The molecule has 0 spiro atoms. The van der Waals surface area contributed by atoms with Gasteiger partial charge in [-0.3, -0.25) is 4.79 Å². The molecule has 4 heteroatoms. The van der Waals surface area contributed by atoms with Crippen LogP contribution >= 0.6 is 15.9 Å². The molecule has 2 aromatic carbocycles. The highest BCUT2D eigenvalue weighted by molar-refractivity contribution is 9.10. The lowest BCUT2D eigenvalue weighted by atomic mass is 10.00. The van der Waals surface area contributed by atoms with E-state index in [1.54, 1.807) is 0 Å². The van der Waals surface area contributed by atoms with Crippen LogP contribution in [0, 0.1) is 0 Å². The second kappa shape index (κ2) is 6.36. The number of aromatic nitrogens is 1. The van der Waals surface area contributed by atoms with Crippen LogP contribution < -0.4 is 4.74 Å². The summed E-state index contributed by atoms with van der Waals surface area (Å²) >= 11 is 3.41. The van der Waals surface area contributed by atoms with Crippen molar-refractivity contribution in [2.75, 3.05) is 6.61 Å². The summed E-state index contributed by atoms with van der Waals surface area (Å²) in [4.78, 5) is 17.1. The summed E-state index contributed by atoms with van der Waals surface area (Å²) in [5, 5.41) is 1.00. The van der Waals surface area contributed by atoms with Crippen molar-refractivity contribution in [3.63, 3.8) is 0 Å². The van der Waals surface area contributed by atoms with Gasteiger partial charge in [-0.2, -0.15) is 0 Å². The first-order chi connectivity index (χ1) is 11.7. The number of aryl methyl sites for hydroxylation is 1. The number of rotatable bonds is 3. The molecule has 3 nitrogen and oxygen atoms in total. The Hall–Kier alpha value is -2.20. The van der Waals surface area contributed by atoms with Gasteiger partial charge in [-0.25, -0.2) is 4.98 Å². The second-order valence-electron chi connectivity index (χ2n) is 6.04. The predicted octanol–water partition coefficient (Wildman–Crippen LogP) is 4.75. The lowest BCUT2D eigenvalue weighted by molar-refractivity contribution is 0.0993. The first-order valence-corrected chi connectivity index (χ1v) is 8.82. The molecule has 2 heterocycles. The zero-order valence-electron chi connectivity index (χ0n) is 13.1. The van der Waals surface area contributed by atoms with Crippen LogP contribution in [0.1, 0.15) is 27.9 Å². The molecule has 0 bridgehead atoms. The van der Waals surface area contributed by atoms with Crippen LogP contribution in [0.25, 0.3) is 10.9 Å². The summed E-state index contributed by atoms with van der Waals surface area (Å²) < 4.78 is 6.63. The number of carbonyl (C=O) groups is 1. The van der Waals surface area contributed by atoms with Gasteiger partial charge in [0, 0.05) is 27.4 Å². The minimum Gasteiger partial charge on any atom is -0.477 e. The van der Waals surface area contributed by atoms with Crippen LogP contribution in [0.15, 0.2) is 53.0 Å². The fourth-order valence-electron chi connectivity index (χ4n) is 3.00. The third-order valence-corrected chi connectivity index (χ3v) is 4.81. The molecule has 0 amide bonds. The summed E-state index contributed by atoms with van der Waals surface area (Å²) in [6.07, 6.45) is 2.40. The molecule has 24 heavy (non-hydrogen) atoms. The van der Waals surface area contributed by atoms with E-state index in [0.717, 1.165) is 57.4 Å². The van der Waals surface area contributed by atoms with E-state index in [-0.39, 0.29) is 5.78 Å². The van der Waals surface area contributed by atoms with Crippen molar-refractivity contribution in [2.24, 2.45) is 0 Å². The highest BCUT2D eigenvalue weighted by atomic mass is 79.9. The third kappa shape index (κ3) is 3.06. The number of pyridine rings is 1. The monoisotopic (exact) mass is 381 g/mol. The quantitative estimate of drug-likeness (QED) is 0.614. The van der Waals surface area contributed by atoms with Gasteiger partial charge in [-0.05, 0) is 54.8 Å². The molecule has 1 aromatic heterocycles. The van der Waals surface area contributed by atoms with Crippen molar-refractivity contribution < 1.29 is 9.53 Å². The Morgan fingerprint density at radius 3 is 2.79 bits per heavy atom. The Morgan fingerprint density at radius 1 is 1.12 bits per heavy atom. The molecule has 0 saturated heterocycles. The third-order valence-electron chi connectivity index (χ3n) is 4.28. The maximum atomic E-state index is 12.6. The molecule has 0 fully saturated rings. The number of Topliss-reactive ketones (excluding diaryl/α,β-unsaturated/α-hetero) is 1. The smallest absolute Gasteiger partial charge is 0.217 e. The van der Waals surface area contributed by atoms with Crippen molar-refractivity contribution in [2.45, 2.75) is 19.3 Å². The Balaban J connectivity index is 1.64. The summed E-state index contributed by atoms with van der Waals surface area (Å²) in [5.41, 5.74) is 3.74. The molecule has 0 atom stereocenters. The van der Waals surface area contributed by atoms with E-state index in [9.17, 15) is 4.79 Å². The van der Waals surface area contributed by atoms with Gasteiger partial charge in [0.2, 0.25) is 5.88 Å². The van der Waals surface area contributed by atoms with E-state index >= 15 is 0 Å². The van der Waals surface area contributed by atoms with Crippen LogP contribution in [0.5, 0.6) is 5.88 Å². The van der Waals surface area contributed by atoms with E-state index in [2.05, 4.69) is 27.0 Å². The maximum absolute atomic E-state index is 12.6. The lowest BCUT2D eigenvalue weighted by Crippen LogP contribution is -2.10. The number of nitrogens with zero attached hydrogens (tertiary/aromatic N) is 1. The largest absolute Gasteiger partial charge is 0.477 e. The van der Waals surface area contributed by atoms with Gasteiger partial charge in [0.15, 0.2) is 5.78 Å². The minimum atomic E-state index is 0.119. The Kier molecular flexibility index (Phi) is 4.07. The predicted molar refractivity (Wildman–Crippen MR) is 97.7 cm³/mol. The lowest BCUT2D eigenvalue weighted by Gasteiger charge is -2.16. The molecule has 1 aliphatic rings. The maximum Gasteiger partial charge on any atom is 0.217 e. The highest BCUT2D eigenvalue weighted by Crippen LogP contribution is 2.27. The fourth-order valence-corrected chi connectivity index (χ4v) is 3.27. The molecule has 0 radical (unpaired) electrons. The summed E-state index contributed by atoms with van der Waals surface area (Å²) in [7, 11) is 0. The van der Waals surface area contributed by atoms with Crippen molar-refractivity contribution >= 4 is 32.6 Å². The van der Waals surface area contributed by atoms with Gasteiger partial charge in [0.25, 0.3) is 0 Å². The SMILES string of the molecule is O=C(Cc1ccc(Br)cc1)c1ccc2nc3c(cc2c1)CCCO3. The number of ketones is 1. The van der Waals surface area contributed by atoms with E-state index < -0.39 is 0 Å². The number of hydrogen-bond donors (Lipinski definition) is 0. The number of hydrogen-bond acceptors (Lipinski definition) is 3. The van der Waals surface area contributed by atoms with Crippen molar-refractivity contribution in [1.29, 1.82) is 0 Å². The van der Waals surface area contributed by atoms with Crippen LogP contribution in [-0.2, 0) is 12.8 Å². The van der Waals surface area contributed by atoms with E-state index in [1.807, 2.05) is 42.5 Å².